The number of para-hydroxylation sites is 4. The van der Waals surface area contributed by atoms with Gasteiger partial charge in [0.05, 0.1) is 36.2 Å². The van der Waals surface area contributed by atoms with Crippen LogP contribution in [0.1, 0.15) is 0 Å². The molecule has 10 rings (SSSR count). The Balaban J connectivity index is 0.000000193. The first-order valence-electron chi connectivity index (χ1n) is 16.9. The minimum Gasteiger partial charge on any atom is -0.486 e. The molecule has 255 valence electrons. The van der Waals surface area contributed by atoms with Crippen molar-refractivity contribution in [1.29, 1.82) is 0 Å². The van der Waals surface area contributed by atoms with Gasteiger partial charge in [0.2, 0.25) is 5.71 Å². The fourth-order valence-corrected chi connectivity index (χ4v) is 7.67. The van der Waals surface area contributed by atoms with Gasteiger partial charge in [-0.15, -0.1) is 54.1 Å². The number of furan rings is 2. The summed E-state index contributed by atoms with van der Waals surface area (Å²) in [5.74, 6) is 0.740. The minimum atomic E-state index is -1.23. The molecular formula is C44H32IrN4O2Si-2. The van der Waals surface area contributed by atoms with Gasteiger partial charge in [0.25, 0.3) is 0 Å². The normalized spacial score (nSPS) is 11.6. The quantitative estimate of drug-likeness (QED) is 0.130. The van der Waals surface area contributed by atoms with Gasteiger partial charge in [0.1, 0.15) is 5.58 Å². The number of aromatic nitrogens is 4. The molecule has 0 aliphatic carbocycles. The van der Waals surface area contributed by atoms with E-state index < -0.39 is 8.07 Å². The maximum absolute atomic E-state index is 6.39. The number of rotatable bonds is 4. The summed E-state index contributed by atoms with van der Waals surface area (Å²) in [6.45, 7) is 7.00. The Morgan fingerprint density at radius 3 is 2.25 bits per heavy atom. The molecule has 0 amide bonds. The summed E-state index contributed by atoms with van der Waals surface area (Å²) in [4.78, 5) is 14.0. The van der Waals surface area contributed by atoms with Crippen LogP contribution in [0.15, 0.2) is 149 Å². The van der Waals surface area contributed by atoms with Crippen molar-refractivity contribution < 1.29 is 28.9 Å². The Labute approximate surface area is 315 Å². The van der Waals surface area contributed by atoms with Gasteiger partial charge in [-0.2, -0.15) is 0 Å². The Hall–Kier alpha value is -5.66. The molecule has 0 saturated carbocycles. The molecule has 0 bridgehead atoms. The third-order valence-electron chi connectivity index (χ3n) is 9.23. The van der Waals surface area contributed by atoms with Crippen LogP contribution in [-0.4, -0.2) is 27.6 Å². The van der Waals surface area contributed by atoms with E-state index in [9.17, 15) is 0 Å². The van der Waals surface area contributed by atoms with Crippen molar-refractivity contribution in [3.8, 4) is 28.3 Å². The van der Waals surface area contributed by atoms with Crippen LogP contribution in [0.2, 0.25) is 19.6 Å². The second-order valence-corrected chi connectivity index (χ2v) is 18.6. The number of hydrogen-bond donors (Lipinski definition) is 0. The summed E-state index contributed by atoms with van der Waals surface area (Å²) in [6, 6.07) is 49.2. The average Bonchev–Trinajstić information content (AvgIpc) is 3.87. The first-order chi connectivity index (χ1) is 24.9. The first kappa shape index (κ1) is 33.5. The zero-order valence-electron chi connectivity index (χ0n) is 28.7. The second-order valence-electron chi connectivity index (χ2n) is 13.5. The van der Waals surface area contributed by atoms with Crippen LogP contribution in [0.5, 0.6) is 0 Å². The molecule has 5 aromatic carbocycles. The number of pyridine rings is 2. The molecule has 6 nitrogen and oxygen atoms in total. The molecule has 0 saturated heterocycles. The van der Waals surface area contributed by atoms with Crippen molar-refractivity contribution in [1.82, 2.24) is 19.5 Å². The van der Waals surface area contributed by atoms with Crippen molar-refractivity contribution in [2.75, 3.05) is 0 Å². The zero-order valence-corrected chi connectivity index (χ0v) is 32.1. The monoisotopic (exact) mass is 869 g/mol. The van der Waals surface area contributed by atoms with Crippen molar-refractivity contribution in [2.24, 2.45) is 0 Å². The number of benzene rings is 5. The van der Waals surface area contributed by atoms with Crippen LogP contribution in [0, 0.1) is 12.1 Å². The predicted octanol–water partition coefficient (Wildman–Crippen LogP) is 10.8. The van der Waals surface area contributed by atoms with Crippen LogP contribution in [0.4, 0.5) is 0 Å². The molecule has 5 heterocycles. The van der Waals surface area contributed by atoms with E-state index in [1.807, 2.05) is 91.1 Å². The second kappa shape index (κ2) is 13.5. The van der Waals surface area contributed by atoms with Crippen LogP contribution < -0.4 is 5.19 Å². The number of nitrogens with zero attached hydrogens (tertiary/aromatic N) is 4. The van der Waals surface area contributed by atoms with Crippen molar-refractivity contribution in [2.45, 2.75) is 19.6 Å². The topological polar surface area (TPSA) is 69.9 Å². The van der Waals surface area contributed by atoms with Crippen molar-refractivity contribution >= 4 is 68.3 Å². The Bertz CT molecular complexity index is 2850. The molecule has 8 heteroatoms. The van der Waals surface area contributed by atoms with E-state index in [1.165, 1.54) is 5.19 Å². The molecule has 0 aliphatic heterocycles. The molecular weight excluding hydrogens is 837 g/mol. The third-order valence-corrected chi connectivity index (χ3v) is 11.3. The van der Waals surface area contributed by atoms with Crippen LogP contribution in [0.3, 0.4) is 0 Å². The molecule has 0 spiro atoms. The van der Waals surface area contributed by atoms with Crippen LogP contribution in [-0.2, 0) is 20.1 Å². The molecule has 0 atom stereocenters. The van der Waals surface area contributed by atoms with E-state index in [-0.39, 0.29) is 20.1 Å². The molecule has 0 N–H and O–H groups in total. The Morgan fingerprint density at radius 2 is 1.42 bits per heavy atom. The Morgan fingerprint density at radius 1 is 0.635 bits per heavy atom. The van der Waals surface area contributed by atoms with Gasteiger partial charge >= 0.3 is 0 Å². The summed E-state index contributed by atoms with van der Waals surface area (Å²) in [5, 5.41) is 5.51. The van der Waals surface area contributed by atoms with Gasteiger partial charge < -0.3 is 18.4 Å². The van der Waals surface area contributed by atoms with Gasteiger partial charge in [0, 0.05) is 48.7 Å². The number of imidazole rings is 1. The molecule has 0 fully saturated rings. The first-order valence-corrected chi connectivity index (χ1v) is 20.4. The van der Waals surface area contributed by atoms with Gasteiger partial charge in [-0.3, -0.25) is 4.98 Å². The smallest absolute Gasteiger partial charge is 0.216 e. The fraction of sp³-hybridized carbons (Fsp3) is 0.0682. The van der Waals surface area contributed by atoms with E-state index in [2.05, 4.69) is 88.8 Å². The summed E-state index contributed by atoms with van der Waals surface area (Å²) in [7, 11) is -1.23. The zero-order chi connectivity index (χ0) is 34.5. The van der Waals surface area contributed by atoms with E-state index in [1.54, 1.807) is 6.20 Å². The van der Waals surface area contributed by atoms with E-state index >= 15 is 0 Å². The molecule has 5 aromatic heterocycles. The van der Waals surface area contributed by atoms with E-state index in [0.29, 0.717) is 5.71 Å². The van der Waals surface area contributed by atoms with E-state index in [0.717, 1.165) is 77.7 Å². The predicted molar refractivity (Wildman–Crippen MR) is 209 cm³/mol. The van der Waals surface area contributed by atoms with Crippen molar-refractivity contribution in [3.05, 3.63) is 152 Å². The molecule has 52 heavy (non-hydrogen) atoms. The maximum atomic E-state index is 6.39. The van der Waals surface area contributed by atoms with Gasteiger partial charge in [-0.25, -0.2) is 4.98 Å². The number of hydrogen-bond acceptors (Lipinski definition) is 5. The van der Waals surface area contributed by atoms with Gasteiger partial charge in [0.15, 0.2) is 5.58 Å². The molecule has 0 unspecified atom stereocenters. The molecule has 1 radical (unpaired) electrons. The summed E-state index contributed by atoms with van der Waals surface area (Å²) < 4.78 is 14.8. The SMILES string of the molecule is C[Si](C)(C)c1ccc(-c2[c-]cccc2)nc1.[Ir].[c-]1ccc2c(oc3ncccc32)c1-c1nc2ccccc2n1-c1cccc2c1oc1ccccc12. The standard InChI is InChI=1S/C30H16N3O2.C14H16NSi.Ir/c1-4-16-26-18(8-1)19-10-6-15-25(28(19)34-26)33-24-14-3-2-13-23(24)32-29(33)22-11-5-9-20-21-12-7-17-31-30(21)35-27(20)22;1-16(2,3)13-9-10-14(15-11-13)12-7-5-4-6-8-12;/h1-10,12-17H;4-7,9-11H,1-3H3;/q2*-1;. The maximum Gasteiger partial charge on any atom is 0.216 e. The van der Waals surface area contributed by atoms with Crippen LogP contribution in [0.25, 0.3) is 83.4 Å². The fourth-order valence-electron chi connectivity index (χ4n) is 6.64. The summed E-state index contributed by atoms with van der Waals surface area (Å²) >= 11 is 0. The third kappa shape index (κ3) is 5.85. The van der Waals surface area contributed by atoms with E-state index in [4.69, 9.17) is 13.8 Å². The van der Waals surface area contributed by atoms with Gasteiger partial charge in [-0.05, 0) is 47.3 Å². The minimum absolute atomic E-state index is 0. The number of fused-ring (bicyclic) bond motifs is 7. The summed E-state index contributed by atoms with van der Waals surface area (Å²) in [6.07, 6.45) is 3.76. The molecule has 10 aromatic rings. The average molecular weight is 869 g/mol. The Kier molecular flexibility index (Phi) is 8.67. The largest absolute Gasteiger partial charge is 0.486 e. The molecule has 0 aliphatic rings. The summed E-state index contributed by atoms with van der Waals surface area (Å²) in [5.41, 5.74) is 8.62. The van der Waals surface area contributed by atoms with Gasteiger partial charge in [-0.1, -0.05) is 85.2 Å². The van der Waals surface area contributed by atoms with Crippen molar-refractivity contribution in [3.63, 3.8) is 0 Å². The van der Waals surface area contributed by atoms with Crippen LogP contribution >= 0.6 is 0 Å².